The largest absolute Gasteiger partial charge is 0.497 e. The molecule has 0 aromatic heterocycles. The first kappa shape index (κ1) is 20.0. The highest BCUT2D eigenvalue weighted by molar-refractivity contribution is 5.97. The van der Waals surface area contributed by atoms with Crippen molar-refractivity contribution >= 4 is 23.0 Å². The third kappa shape index (κ3) is 4.30. The summed E-state index contributed by atoms with van der Waals surface area (Å²) in [7, 11) is 1.66. The maximum atomic E-state index is 12.3. The molecule has 1 fully saturated rings. The lowest BCUT2D eigenvalue weighted by molar-refractivity contribution is -0.901. The van der Waals surface area contributed by atoms with E-state index in [9.17, 15) is 14.9 Å². The molecule has 1 amide bonds. The van der Waals surface area contributed by atoms with Crippen molar-refractivity contribution in [2.24, 2.45) is 0 Å². The number of anilines is 2. The Balaban J connectivity index is 1.29. The number of nitro benzene ring substituents is 1. The molecule has 0 spiro atoms. The lowest BCUT2D eigenvalue weighted by Crippen LogP contribution is -3.15. The number of nitrogens with one attached hydrogen (secondary N) is 2. The van der Waals surface area contributed by atoms with E-state index in [0.29, 0.717) is 17.9 Å². The topological polar surface area (TPSA) is 98.4 Å². The van der Waals surface area contributed by atoms with Gasteiger partial charge in [-0.2, -0.15) is 0 Å². The number of carbonyl (C=O) groups excluding carboxylic acids is 1. The number of nitro groups is 1. The number of quaternary nitrogens is 1. The van der Waals surface area contributed by atoms with E-state index < -0.39 is 11.0 Å². The van der Waals surface area contributed by atoms with Crippen LogP contribution in [0, 0.1) is 10.1 Å². The Kier molecular flexibility index (Phi) is 5.71. The van der Waals surface area contributed by atoms with Gasteiger partial charge in [-0.05, 0) is 30.3 Å². The Morgan fingerprint density at radius 2 is 1.97 bits per heavy atom. The van der Waals surface area contributed by atoms with Gasteiger partial charge in [-0.3, -0.25) is 14.9 Å². The number of carbonyl (C=O) groups is 1. The summed E-state index contributed by atoms with van der Waals surface area (Å²) in [6.07, 6.45) is -0.0714. The number of benzene rings is 2. The SMILES string of the molecule is COc1ccc(N2CC[NH+](CC[C@@H]3Oc4cc([N+](=O)[O-])ccc4NC3=O)CC2)cc1. The van der Waals surface area contributed by atoms with Crippen LogP contribution in [0.1, 0.15) is 6.42 Å². The fourth-order valence-corrected chi connectivity index (χ4v) is 3.89. The van der Waals surface area contributed by atoms with Gasteiger partial charge in [0.05, 0.1) is 56.5 Å². The van der Waals surface area contributed by atoms with Gasteiger partial charge in [0.15, 0.2) is 11.9 Å². The van der Waals surface area contributed by atoms with Gasteiger partial charge in [0, 0.05) is 18.2 Å². The molecule has 1 saturated heterocycles. The standard InChI is InChI=1S/C21H24N4O5/c1-29-17-5-2-15(3-6-17)24-12-10-23(11-13-24)9-8-19-21(26)22-18-7-4-16(25(27)28)14-20(18)30-19/h2-7,14,19H,8-13H2,1H3,(H,22,26)/p+1/t19-/m0/s1. The monoisotopic (exact) mass is 413 g/mol. The van der Waals surface area contributed by atoms with Crippen LogP contribution in [0.3, 0.4) is 0 Å². The molecule has 2 aliphatic heterocycles. The summed E-state index contributed by atoms with van der Waals surface area (Å²) in [6.45, 7) is 4.63. The lowest BCUT2D eigenvalue weighted by atomic mass is 10.1. The van der Waals surface area contributed by atoms with Gasteiger partial charge in [0.1, 0.15) is 5.75 Å². The Labute approximate surface area is 174 Å². The molecule has 0 unspecified atom stereocenters. The van der Waals surface area contributed by atoms with Gasteiger partial charge >= 0.3 is 0 Å². The van der Waals surface area contributed by atoms with Crippen molar-refractivity contribution in [1.82, 2.24) is 0 Å². The summed E-state index contributed by atoms with van der Waals surface area (Å²) in [6, 6.07) is 12.3. The number of ether oxygens (including phenoxy) is 2. The second kappa shape index (κ2) is 8.58. The highest BCUT2D eigenvalue weighted by atomic mass is 16.6. The maximum absolute atomic E-state index is 12.3. The van der Waals surface area contributed by atoms with Gasteiger partial charge in [-0.1, -0.05) is 0 Å². The van der Waals surface area contributed by atoms with E-state index in [1.807, 2.05) is 12.1 Å². The zero-order valence-electron chi connectivity index (χ0n) is 16.8. The minimum absolute atomic E-state index is 0.0519. The molecule has 30 heavy (non-hydrogen) atoms. The smallest absolute Gasteiger partial charge is 0.273 e. The first-order valence-electron chi connectivity index (χ1n) is 10.0. The highest BCUT2D eigenvalue weighted by Gasteiger charge is 2.30. The van der Waals surface area contributed by atoms with Gasteiger partial charge in [-0.25, -0.2) is 0 Å². The second-order valence-electron chi connectivity index (χ2n) is 7.51. The van der Waals surface area contributed by atoms with Crippen LogP contribution >= 0.6 is 0 Å². The molecule has 0 saturated carbocycles. The van der Waals surface area contributed by atoms with E-state index in [1.165, 1.54) is 28.8 Å². The van der Waals surface area contributed by atoms with E-state index in [4.69, 9.17) is 9.47 Å². The van der Waals surface area contributed by atoms with E-state index in [1.54, 1.807) is 7.11 Å². The number of nitrogens with zero attached hydrogens (tertiary/aromatic N) is 2. The molecule has 2 aromatic carbocycles. The van der Waals surface area contributed by atoms with Crippen LogP contribution in [-0.2, 0) is 4.79 Å². The van der Waals surface area contributed by atoms with Gasteiger partial charge in [0.2, 0.25) is 0 Å². The van der Waals surface area contributed by atoms with Crippen molar-refractivity contribution in [2.75, 3.05) is 50.1 Å². The van der Waals surface area contributed by atoms with Gasteiger partial charge in [-0.15, -0.1) is 0 Å². The minimum Gasteiger partial charge on any atom is -0.497 e. The predicted octanol–water partition coefficient (Wildman–Crippen LogP) is 1.10. The molecule has 9 nitrogen and oxygen atoms in total. The molecule has 0 aliphatic carbocycles. The molecule has 158 valence electrons. The van der Waals surface area contributed by atoms with Crippen molar-refractivity contribution in [3.63, 3.8) is 0 Å². The normalized spacial score (nSPS) is 18.9. The fourth-order valence-electron chi connectivity index (χ4n) is 3.89. The van der Waals surface area contributed by atoms with E-state index in [0.717, 1.165) is 38.5 Å². The number of hydrogen-bond acceptors (Lipinski definition) is 6. The first-order chi connectivity index (χ1) is 14.5. The quantitative estimate of drug-likeness (QED) is 0.544. The summed E-state index contributed by atoms with van der Waals surface area (Å²) in [5.74, 6) is 1.00. The number of rotatable bonds is 6. The zero-order chi connectivity index (χ0) is 21.1. The minimum atomic E-state index is -0.633. The summed E-state index contributed by atoms with van der Waals surface area (Å²) >= 11 is 0. The van der Waals surface area contributed by atoms with Crippen molar-refractivity contribution in [2.45, 2.75) is 12.5 Å². The molecule has 2 aromatic rings. The van der Waals surface area contributed by atoms with E-state index >= 15 is 0 Å². The Morgan fingerprint density at radius 3 is 2.63 bits per heavy atom. The van der Waals surface area contributed by atoms with E-state index in [2.05, 4.69) is 22.3 Å². The first-order valence-corrected chi connectivity index (χ1v) is 10.0. The van der Waals surface area contributed by atoms with Crippen LogP contribution in [0.5, 0.6) is 11.5 Å². The molecule has 2 aliphatic rings. The zero-order valence-corrected chi connectivity index (χ0v) is 16.8. The van der Waals surface area contributed by atoms with Crippen molar-refractivity contribution in [3.8, 4) is 11.5 Å². The maximum Gasteiger partial charge on any atom is 0.273 e. The second-order valence-corrected chi connectivity index (χ2v) is 7.51. The van der Waals surface area contributed by atoms with Crippen LogP contribution in [0.2, 0.25) is 0 Å². The Morgan fingerprint density at radius 1 is 1.23 bits per heavy atom. The number of methoxy groups -OCH3 is 1. The van der Waals surface area contributed by atoms with Crippen LogP contribution in [0.25, 0.3) is 0 Å². The Hall–Kier alpha value is -3.33. The van der Waals surface area contributed by atoms with Crippen LogP contribution in [-0.4, -0.2) is 56.8 Å². The molecule has 0 radical (unpaired) electrons. The lowest BCUT2D eigenvalue weighted by Gasteiger charge is -2.34. The van der Waals surface area contributed by atoms with E-state index in [-0.39, 0.29) is 11.6 Å². The van der Waals surface area contributed by atoms with Gasteiger partial charge in [0.25, 0.3) is 11.6 Å². The average molecular weight is 413 g/mol. The molecule has 2 N–H and O–H groups in total. The summed E-state index contributed by atoms with van der Waals surface area (Å²) < 4.78 is 11.0. The van der Waals surface area contributed by atoms with Crippen molar-refractivity contribution in [1.29, 1.82) is 0 Å². The number of amides is 1. The molecule has 2 heterocycles. The predicted molar refractivity (Wildman–Crippen MR) is 112 cm³/mol. The molecule has 4 rings (SSSR count). The molecular weight excluding hydrogens is 388 g/mol. The number of hydrogen-bond donors (Lipinski definition) is 2. The number of fused-ring (bicyclic) bond motifs is 1. The molecule has 0 bridgehead atoms. The van der Waals surface area contributed by atoms with Crippen molar-refractivity contribution in [3.05, 3.63) is 52.6 Å². The van der Waals surface area contributed by atoms with Gasteiger partial charge < -0.3 is 24.6 Å². The van der Waals surface area contributed by atoms with Crippen LogP contribution < -0.4 is 24.6 Å². The number of piperazine rings is 1. The van der Waals surface area contributed by atoms with Crippen molar-refractivity contribution < 1.29 is 24.1 Å². The summed E-state index contributed by atoms with van der Waals surface area (Å²) in [5, 5.41) is 13.8. The Bertz CT molecular complexity index is 925. The molecular formula is C21H25N4O5+. The molecule has 9 heteroatoms. The average Bonchev–Trinajstić information content (AvgIpc) is 2.77. The third-order valence-electron chi connectivity index (χ3n) is 5.66. The molecule has 1 atom stereocenters. The highest BCUT2D eigenvalue weighted by Crippen LogP contribution is 2.33. The number of non-ortho nitro benzene ring substituents is 1. The summed E-state index contributed by atoms with van der Waals surface area (Å²) in [4.78, 5) is 26.6. The van der Waals surface area contributed by atoms with Crippen LogP contribution in [0.15, 0.2) is 42.5 Å². The fraction of sp³-hybridized carbons (Fsp3) is 0.381. The summed E-state index contributed by atoms with van der Waals surface area (Å²) in [5.41, 5.74) is 1.61. The van der Waals surface area contributed by atoms with Crippen LogP contribution in [0.4, 0.5) is 17.1 Å². The third-order valence-corrected chi connectivity index (χ3v) is 5.66.